The Morgan fingerprint density at radius 1 is 1.03 bits per heavy atom. The molecule has 2 aromatic carbocycles. The zero-order valence-corrected chi connectivity index (χ0v) is 17.9. The number of hydrogen-bond donors (Lipinski definition) is 1. The lowest BCUT2D eigenvalue weighted by molar-refractivity contribution is 0.0751. The summed E-state index contributed by atoms with van der Waals surface area (Å²) in [4.78, 5) is 30.4. The molecule has 0 aliphatic carbocycles. The molecule has 0 saturated carbocycles. The van der Waals surface area contributed by atoms with Crippen LogP contribution in [0.2, 0.25) is 0 Å². The van der Waals surface area contributed by atoms with E-state index in [4.69, 9.17) is 14.2 Å². The molecule has 7 nitrogen and oxygen atoms in total. The highest BCUT2D eigenvalue weighted by Crippen LogP contribution is 2.38. The van der Waals surface area contributed by atoms with Crippen molar-refractivity contribution in [3.63, 3.8) is 0 Å². The predicted molar refractivity (Wildman–Crippen MR) is 116 cm³/mol. The number of hydrogen-bond acceptors (Lipinski definition) is 5. The van der Waals surface area contributed by atoms with Crippen molar-refractivity contribution < 1.29 is 19.0 Å². The Morgan fingerprint density at radius 3 is 2.27 bits per heavy atom. The summed E-state index contributed by atoms with van der Waals surface area (Å²) in [5.74, 6) is 0.979. The molecule has 0 saturated heterocycles. The van der Waals surface area contributed by atoms with Crippen LogP contribution in [-0.4, -0.2) is 43.7 Å². The lowest BCUT2D eigenvalue weighted by Crippen LogP contribution is -2.32. The first-order chi connectivity index (χ1) is 14.4. The Hall–Kier alpha value is -3.48. The third kappa shape index (κ3) is 3.96. The minimum atomic E-state index is -0.236. The first-order valence-corrected chi connectivity index (χ1v) is 9.64. The van der Waals surface area contributed by atoms with Crippen LogP contribution in [0.3, 0.4) is 0 Å². The molecule has 0 atom stereocenters. The molecule has 7 heteroatoms. The van der Waals surface area contributed by atoms with Crippen LogP contribution in [0.25, 0.3) is 10.9 Å². The topological polar surface area (TPSA) is 80.9 Å². The van der Waals surface area contributed by atoms with E-state index in [-0.39, 0.29) is 18.0 Å². The van der Waals surface area contributed by atoms with Crippen molar-refractivity contribution in [1.29, 1.82) is 0 Å². The van der Waals surface area contributed by atoms with Crippen LogP contribution in [0.5, 0.6) is 17.2 Å². The zero-order chi connectivity index (χ0) is 21.8. The Morgan fingerprint density at radius 2 is 1.70 bits per heavy atom. The molecule has 0 spiro atoms. The van der Waals surface area contributed by atoms with Crippen molar-refractivity contribution in [3.05, 3.63) is 63.4 Å². The lowest BCUT2D eigenvalue weighted by Gasteiger charge is -2.22. The molecule has 0 unspecified atom stereocenters. The van der Waals surface area contributed by atoms with Crippen LogP contribution >= 0.6 is 0 Å². The maximum atomic E-state index is 13.2. The molecule has 30 heavy (non-hydrogen) atoms. The summed E-state index contributed by atoms with van der Waals surface area (Å²) >= 11 is 0. The van der Waals surface area contributed by atoms with Crippen molar-refractivity contribution in [2.75, 3.05) is 27.9 Å². The van der Waals surface area contributed by atoms with E-state index in [1.54, 1.807) is 17.0 Å². The van der Waals surface area contributed by atoms with Crippen LogP contribution in [0.4, 0.5) is 0 Å². The fraction of sp³-hybridized carbons (Fsp3) is 0.304. The number of benzene rings is 2. The predicted octanol–water partition coefficient (Wildman–Crippen LogP) is 3.52. The number of aryl methyl sites for hydroxylation is 1. The summed E-state index contributed by atoms with van der Waals surface area (Å²) < 4.78 is 16.0. The Labute approximate surface area is 175 Å². The fourth-order valence-electron chi connectivity index (χ4n) is 3.47. The van der Waals surface area contributed by atoms with Crippen molar-refractivity contribution in [2.24, 2.45) is 0 Å². The molecule has 0 fully saturated rings. The van der Waals surface area contributed by atoms with Crippen molar-refractivity contribution in [1.82, 2.24) is 9.88 Å². The van der Waals surface area contributed by atoms with E-state index in [0.717, 1.165) is 16.5 Å². The van der Waals surface area contributed by atoms with Gasteiger partial charge in [0, 0.05) is 17.7 Å². The molecule has 1 amide bonds. The first kappa shape index (κ1) is 21.2. The van der Waals surface area contributed by atoms with Gasteiger partial charge >= 0.3 is 0 Å². The highest BCUT2D eigenvalue weighted by Gasteiger charge is 2.21. The van der Waals surface area contributed by atoms with Crippen LogP contribution in [-0.2, 0) is 6.54 Å². The number of ether oxygens (including phenoxy) is 3. The third-order valence-electron chi connectivity index (χ3n) is 5.11. The average Bonchev–Trinajstić information content (AvgIpc) is 2.76. The number of pyridine rings is 1. The second kappa shape index (κ2) is 8.90. The van der Waals surface area contributed by atoms with E-state index < -0.39 is 0 Å². The van der Waals surface area contributed by atoms with Crippen LogP contribution < -0.4 is 19.8 Å². The normalized spacial score (nSPS) is 10.7. The lowest BCUT2D eigenvalue weighted by atomic mass is 10.1. The molecule has 1 aromatic heterocycles. The van der Waals surface area contributed by atoms with Gasteiger partial charge in [-0.25, -0.2) is 0 Å². The van der Waals surface area contributed by atoms with Gasteiger partial charge in [-0.05, 0) is 43.0 Å². The molecule has 0 radical (unpaired) electrons. The summed E-state index contributed by atoms with van der Waals surface area (Å²) in [6.45, 7) is 4.44. The standard InChI is InChI=1S/C23H26N2O5/c1-6-25(13-17-10-15-9-7-8-14(2)20(15)24-22(17)26)23(27)16-11-18(28-3)21(30-5)19(12-16)29-4/h7-12H,6,13H2,1-5H3,(H,24,26). The maximum absolute atomic E-state index is 13.2. The molecule has 1 N–H and O–H groups in total. The molecule has 0 aliphatic heterocycles. The molecule has 3 rings (SSSR count). The summed E-state index contributed by atoms with van der Waals surface area (Å²) in [5.41, 5.74) is 2.52. The van der Waals surface area contributed by atoms with Crippen LogP contribution in [0.1, 0.15) is 28.4 Å². The zero-order valence-electron chi connectivity index (χ0n) is 17.9. The van der Waals surface area contributed by atoms with Gasteiger partial charge in [-0.2, -0.15) is 0 Å². The van der Waals surface area contributed by atoms with Gasteiger partial charge in [-0.1, -0.05) is 18.2 Å². The van der Waals surface area contributed by atoms with Gasteiger partial charge in [0.1, 0.15) is 0 Å². The molecule has 0 aliphatic rings. The van der Waals surface area contributed by atoms with E-state index in [1.807, 2.05) is 38.1 Å². The maximum Gasteiger partial charge on any atom is 0.254 e. The van der Waals surface area contributed by atoms with E-state index >= 15 is 0 Å². The van der Waals surface area contributed by atoms with E-state index in [0.29, 0.717) is 34.9 Å². The molecular formula is C23H26N2O5. The van der Waals surface area contributed by atoms with Gasteiger partial charge in [0.2, 0.25) is 5.75 Å². The number of para-hydroxylation sites is 1. The second-order valence-corrected chi connectivity index (χ2v) is 6.90. The number of methoxy groups -OCH3 is 3. The van der Waals surface area contributed by atoms with E-state index in [1.165, 1.54) is 21.3 Å². The van der Waals surface area contributed by atoms with Gasteiger partial charge < -0.3 is 24.1 Å². The molecule has 1 heterocycles. The highest BCUT2D eigenvalue weighted by atomic mass is 16.5. The van der Waals surface area contributed by atoms with Gasteiger partial charge in [0.05, 0.1) is 33.4 Å². The largest absolute Gasteiger partial charge is 0.493 e. The monoisotopic (exact) mass is 410 g/mol. The third-order valence-corrected chi connectivity index (χ3v) is 5.11. The van der Waals surface area contributed by atoms with Crippen molar-refractivity contribution >= 4 is 16.8 Å². The number of H-pyrrole nitrogens is 1. The number of aromatic amines is 1. The number of carbonyl (C=O) groups is 1. The van der Waals surface area contributed by atoms with Crippen molar-refractivity contribution in [3.8, 4) is 17.2 Å². The van der Waals surface area contributed by atoms with Gasteiger partial charge in [0.15, 0.2) is 11.5 Å². The van der Waals surface area contributed by atoms with Crippen LogP contribution in [0, 0.1) is 6.92 Å². The fourth-order valence-corrected chi connectivity index (χ4v) is 3.47. The van der Waals surface area contributed by atoms with Gasteiger partial charge in [-0.15, -0.1) is 0 Å². The number of rotatable bonds is 7. The van der Waals surface area contributed by atoms with E-state index in [2.05, 4.69) is 4.98 Å². The number of fused-ring (bicyclic) bond motifs is 1. The SMILES string of the molecule is CCN(Cc1cc2cccc(C)c2[nH]c1=O)C(=O)c1cc(OC)c(OC)c(OC)c1. The Bertz CT molecular complexity index is 1110. The number of nitrogens with zero attached hydrogens (tertiary/aromatic N) is 1. The highest BCUT2D eigenvalue weighted by molar-refractivity contribution is 5.95. The number of carbonyl (C=O) groups excluding carboxylic acids is 1. The minimum absolute atomic E-state index is 0.186. The van der Waals surface area contributed by atoms with Crippen LogP contribution in [0.15, 0.2) is 41.2 Å². The number of amides is 1. The van der Waals surface area contributed by atoms with E-state index in [9.17, 15) is 9.59 Å². The molecule has 3 aromatic rings. The van der Waals surface area contributed by atoms with Crippen molar-refractivity contribution in [2.45, 2.75) is 20.4 Å². The Balaban J connectivity index is 1.97. The number of nitrogens with one attached hydrogen (secondary N) is 1. The van der Waals surface area contributed by atoms with Gasteiger partial charge in [0.25, 0.3) is 11.5 Å². The summed E-state index contributed by atoms with van der Waals surface area (Å²) in [5, 5.41) is 0.931. The summed E-state index contributed by atoms with van der Waals surface area (Å²) in [6.07, 6.45) is 0. The first-order valence-electron chi connectivity index (χ1n) is 9.64. The molecule has 0 bridgehead atoms. The average molecular weight is 410 g/mol. The minimum Gasteiger partial charge on any atom is -0.493 e. The quantitative estimate of drug-likeness (QED) is 0.645. The summed E-state index contributed by atoms with van der Waals surface area (Å²) in [6, 6.07) is 10.9. The second-order valence-electron chi connectivity index (χ2n) is 6.90. The van der Waals surface area contributed by atoms with Gasteiger partial charge in [-0.3, -0.25) is 9.59 Å². The molecular weight excluding hydrogens is 384 g/mol. The Kier molecular flexibility index (Phi) is 6.30. The molecule has 158 valence electrons. The number of aromatic nitrogens is 1. The summed E-state index contributed by atoms with van der Waals surface area (Å²) in [7, 11) is 4.51. The smallest absolute Gasteiger partial charge is 0.254 e.